The van der Waals surface area contributed by atoms with Gasteiger partial charge in [-0.1, -0.05) is 60.7 Å². The maximum Gasteiger partial charge on any atom is 0.271 e. The maximum absolute atomic E-state index is 12.5. The van der Waals surface area contributed by atoms with E-state index >= 15 is 0 Å². The lowest BCUT2D eigenvalue weighted by Crippen LogP contribution is -2.29. The first-order chi connectivity index (χ1) is 16.3. The van der Waals surface area contributed by atoms with Crippen molar-refractivity contribution in [1.29, 1.82) is 0 Å². The number of aromatic hydroxyl groups is 1. The Labute approximate surface area is 198 Å². The van der Waals surface area contributed by atoms with Crippen molar-refractivity contribution in [3.63, 3.8) is 0 Å². The fraction of sp³-hybridized carbons (Fsp3) is 0.0769. The number of carbonyl (C=O) groups excluding carboxylic acids is 1. The molecule has 0 spiro atoms. The highest BCUT2D eigenvalue weighted by Gasteiger charge is 2.18. The van der Waals surface area contributed by atoms with Crippen LogP contribution in [-0.2, 0) is 16.6 Å². The summed E-state index contributed by atoms with van der Waals surface area (Å²) in [5.41, 5.74) is 4.56. The minimum atomic E-state index is -3.53. The number of anilines is 1. The van der Waals surface area contributed by atoms with E-state index in [1.807, 2.05) is 54.6 Å². The lowest BCUT2D eigenvalue weighted by Gasteiger charge is -2.22. The van der Waals surface area contributed by atoms with Crippen LogP contribution in [0.1, 0.15) is 21.5 Å². The van der Waals surface area contributed by atoms with E-state index in [9.17, 15) is 18.3 Å². The Morgan fingerprint density at radius 1 is 0.941 bits per heavy atom. The predicted molar refractivity (Wildman–Crippen MR) is 135 cm³/mol. The molecule has 34 heavy (non-hydrogen) atoms. The number of nitrogens with zero attached hydrogens (tertiary/aromatic N) is 2. The fourth-order valence-corrected chi connectivity index (χ4v) is 4.46. The second-order valence-corrected chi connectivity index (χ2v) is 9.63. The van der Waals surface area contributed by atoms with E-state index in [-0.39, 0.29) is 12.3 Å². The summed E-state index contributed by atoms with van der Waals surface area (Å²) < 4.78 is 26.0. The molecule has 0 unspecified atom stereocenters. The molecule has 4 rings (SSSR count). The molecule has 0 aromatic heterocycles. The van der Waals surface area contributed by atoms with E-state index in [1.165, 1.54) is 10.5 Å². The van der Waals surface area contributed by atoms with Gasteiger partial charge in [-0.3, -0.25) is 9.10 Å². The van der Waals surface area contributed by atoms with Crippen molar-refractivity contribution < 1.29 is 18.3 Å². The van der Waals surface area contributed by atoms with Crippen LogP contribution in [0, 0.1) is 0 Å². The minimum Gasteiger partial charge on any atom is -0.507 e. The summed E-state index contributed by atoms with van der Waals surface area (Å²) in [6.07, 6.45) is 2.54. The van der Waals surface area contributed by atoms with Crippen LogP contribution in [0.15, 0.2) is 96.1 Å². The van der Waals surface area contributed by atoms with Gasteiger partial charge in [0.2, 0.25) is 10.0 Å². The molecule has 0 aliphatic rings. The molecule has 0 aliphatic heterocycles. The Kier molecular flexibility index (Phi) is 6.60. The van der Waals surface area contributed by atoms with Crippen molar-refractivity contribution >= 4 is 38.6 Å². The molecule has 172 valence electrons. The summed E-state index contributed by atoms with van der Waals surface area (Å²) in [7, 11) is -3.53. The summed E-state index contributed by atoms with van der Waals surface area (Å²) >= 11 is 0. The Balaban J connectivity index is 1.49. The van der Waals surface area contributed by atoms with E-state index in [2.05, 4.69) is 10.5 Å². The molecule has 0 fully saturated rings. The molecule has 1 amide bonds. The standard InChI is InChI=1S/C26H23N3O4S/c1-34(32,33)29(18-19-7-3-2-4-8-19)22-14-11-21(12-15-22)26(31)28-27-17-24-23-10-6-5-9-20(23)13-16-25(24)30/h2-17,30H,18H2,1H3,(H,28,31)/b27-17-. The van der Waals surface area contributed by atoms with Crippen LogP contribution in [-0.4, -0.2) is 31.9 Å². The van der Waals surface area contributed by atoms with Crippen molar-refractivity contribution in [3.05, 3.63) is 108 Å². The third kappa shape index (κ3) is 5.24. The molecule has 7 nitrogen and oxygen atoms in total. The molecule has 8 heteroatoms. The second kappa shape index (κ2) is 9.76. The molecule has 0 radical (unpaired) electrons. The number of rotatable bonds is 7. The van der Waals surface area contributed by atoms with Crippen molar-refractivity contribution in [2.24, 2.45) is 5.10 Å². The van der Waals surface area contributed by atoms with Crippen LogP contribution in [0.25, 0.3) is 10.8 Å². The Morgan fingerprint density at radius 3 is 2.32 bits per heavy atom. The zero-order chi connectivity index (χ0) is 24.1. The molecule has 0 atom stereocenters. The van der Waals surface area contributed by atoms with E-state index in [0.717, 1.165) is 22.6 Å². The van der Waals surface area contributed by atoms with Crippen LogP contribution in [0.2, 0.25) is 0 Å². The Bertz CT molecular complexity index is 1450. The molecule has 4 aromatic carbocycles. The van der Waals surface area contributed by atoms with E-state index in [1.54, 1.807) is 36.4 Å². The lowest BCUT2D eigenvalue weighted by atomic mass is 10.0. The van der Waals surface area contributed by atoms with Gasteiger partial charge in [-0.15, -0.1) is 0 Å². The van der Waals surface area contributed by atoms with Crippen LogP contribution in [0.5, 0.6) is 5.75 Å². The van der Waals surface area contributed by atoms with Gasteiger partial charge in [0.05, 0.1) is 24.7 Å². The monoisotopic (exact) mass is 473 g/mol. The molecular weight excluding hydrogens is 450 g/mol. The van der Waals surface area contributed by atoms with Crippen molar-refractivity contribution in [2.45, 2.75) is 6.54 Å². The van der Waals surface area contributed by atoms with Gasteiger partial charge in [-0.25, -0.2) is 13.8 Å². The highest BCUT2D eigenvalue weighted by Crippen LogP contribution is 2.25. The van der Waals surface area contributed by atoms with E-state index in [0.29, 0.717) is 16.8 Å². The number of phenolic OH excluding ortho intramolecular Hbond substituents is 1. The molecular formula is C26H23N3O4S. The number of hydrogen-bond acceptors (Lipinski definition) is 5. The SMILES string of the molecule is CS(=O)(=O)N(Cc1ccccc1)c1ccc(C(=O)N/N=C\c2c(O)ccc3ccccc23)cc1. The first-order valence-corrected chi connectivity index (χ1v) is 12.3. The van der Waals surface area contributed by atoms with Gasteiger partial charge in [-0.2, -0.15) is 5.10 Å². The van der Waals surface area contributed by atoms with Crippen LogP contribution in [0.3, 0.4) is 0 Å². The highest BCUT2D eigenvalue weighted by atomic mass is 32.2. The van der Waals surface area contributed by atoms with Crippen LogP contribution < -0.4 is 9.73 Å². The quantitative estimate of drug-likeness (QED) is 0.309. The second-order valence-electron chi connectivity index (χ2n) is 7.72. The normalized spacial score (nSPS) is 11.6. The van der Waals surface area contributed by atoms with E-state index in [4.69, 9.17) is 0 Å². The summed E-state index contributed by atoms with van der Waals surface area (Å²) in [6.45, 7) is 0.185. The Hall–Kier alpha value is -4.17. The average molecular weight is 474 g/mol. The van der Waals surface area contributed by atoms with Crippen molar-refractivity contribution in [3.8, 4) is 5.75 Å². The number of carbonyl (C=O) groups is 1. The average Bonchev–Trinajstić information content (AvgIpc) is 2.84. The Morgan fingerprint density at radius 2 is 1.62 bits per heavy atom. The number of phenols is 1. The van der Waals surface area contributed by atoms with E-state index < -0.39 is 15.9 Å². The summed E-state index contributed by atoms with van der Waals surface area (Å²) in [4.78, 5) is 12.5. The zero-order valence-electron chi connectivity index (χ0n) is 18.4. The predicted octanol–water partition coefficient (Wildman–Crippen LogP) is 4.28. The number of sulfonamides is 1. The molecule has 0 aliphatic carbocycles. The molecule has 4 aromatic rings. The van der Waals surface area contributed by atoms with Gasteiger partial charge in [0.25, 0.3) is 5.91 Å². The highest BCUT2D eigenvalue weighted by molar-refractivity contribution is 7.92. The molecule has 2 N–H and O–H groups in total. The number of hydrogen-bond donors (Lipinski definition) is 2. The van der Waals surface area contributed by atoms with Gasteiger partial charge in [-0.05, 0) is 46.7 Å². The summed E-state index contributed by atoms with van der Waals surface area (Å²) in [5, 5.41) is 15.9. The minimum absolute atomic E-state index is 0.0559. The number of nitrogens with one attached hydrogen (secondary N) is 1. The maximum atomic E-state index is 12.5. The third-order valence-corrected chi connectivity index (χ3v) is 6.43. The number of amides is 1. The first-order valence-electron chi connectivity index (χ1n) is 10.5. The fourth-order valence-electron chi connectivity index (χ4n) is 3.57. The van der Waals surface area contributed by atoms with Crippen LogP contribution in [0.4, 0.5) is 5.69 Å². The number of benzene rings is 4. The zero-order valence-corrected chi connectivity index (χ0v) is 19.2. The number of hydrazone groups is 1. The summed E-state index contributed by atoms with van der Waals surface area (Å²) in [6, 6.07) is 26.4. The van der Waals surface area contributed by atoms with Gasteiger partial charge >= 0.3 is 0 Å². The third-order valence-electron chi connectivity index (χ3n) is 5.29. The van der Waals surface area contributed by atoms with Gasteiger partial charge in [0, 0.05) is 11.1 Å². The summed E-state index contributed by atoms with van der Waals surface area (Å²) in [5.74, 6) is -0.406. The lowest BCUT2D eigenvalue weighted by molar-refractivity contribution is 0.0955. The molecule has 0 saturated heterocycles. The van der Waals surface area contributed by atoms with Gasteiger partial charge in [0.1, 0.15) is 5.75 Å². The van der Waals surface area contributed by atoms with Crippen molar-refractivity contribution in [2.75, 3.05) is 10.6 Å². The number of fused-ring (bicyclic) bond motifs is 1. The molecule has 0 bridgehead atoms. The largest absolute Gasteiger partial charge is 0.507 e. The molecule has 0 saturated carbocycles. The van der Waals surface area contributed by atoms with Gasteiger partial charge < -0.3 is 5.11 Å². The van der Waals surface area contributed by atoms with Gasteiger partial charge in [0.15, 0.2) is 0 Å². The molecule has 0 heterocycles. The smallest absolute Gasteiger partial charge is 0.271 e. The first kappa shape index (κ1) is 23.0. The van der Waals surface area contributed by atoms with Crippen molar-refractivity contribution in [1.82, 2.24) is 5.43 Å². The topological polar surface area (TPSA) is 99.1 Å². The van der Waals surface area contributed by atoms with Crippen LogP contribution >= 0.6 is 0 Å².